The average molecular weight is 349 g/mol. The van der Waals surface area contributed by atoms with Gasteiger partial charge in [0.15, 0.2) is 0 Å². The van der Waals surface area contributed by atoms with Gasteiger partial charge in [0.05, 0.1) is 5.69 Å². The first-order valence-electron chi connectivity index (χ1n) is 7.19. The second-order valence-corrected chi connectivity index (χ2v) is 5.81. The molecule has 0 amide bonds. The lowest BCUT2D eigenvalue weighted by atomic mass is 10.2. The van der Waals surface area contributed by atoms with Gasteiger partial charge in [0.25, 0.3) is 0 Å². The Labute approximate surface area is 134 Å². The van der Waals surface area contributed by atoms with Gasteiger partial charge in [-0.05, 0) is 54.4 Å². The van der Waals surface area contributed by atoms with Crippen LogP contribution in [0.2, 0.25) is 0 Å². The molecule has 2 rings (SSSR count). The number of benzene rings is 1. The number of nitrogens with zero attached hydrogens (tertiary/aromatic N) is 2. The van der Waals surface area contributed by atoms with Gasteiger partial charge in [0.2, 0.25) is 0 Å². The predicted molar refractivity (Wildman–Crippen MR) is 92.5 cm³/mol. The van der Waals surface area contributed by atoms with E-state index in [1.165, 1.54) is 5.56 Å². The molecule has 2 N–H and O–H groups in total. The van der Waals surface area contributed by atoms with Gasteiger partial charge in [-0.3, -0.25) is 0 Å². The molecule has 0 saturated heterocycles. The molecule has 0 bridgehead atoms. The monoisotopic (exact) mass is 348 g/mol. The first-order valence-corrected chi connectivity index (χ1v) is 7.99. The molecular weight excluding hydrogens is 328 g/mol. The molecule has 0 unspecified atom stereocenters. The van der Waals surface area contributed by atoms with Gasteiger partial charge in [-0.1, -0.05) is 13.0 Å². The first-order chi connectivity index (χ1) is 10.0. The Balaban J connectivity index is 2.43. The Morgan fingerprint density at radius 2 is 1.81 bits per heavy atom. The van der Waals surface area contributed by atoms with Crippen LogP contribution in [0, 0.1) is 13.8 Å². The summed E-state index contributed by atoms with van der Waals surface area (Å²) in [6, 6.07) is 6.22. The zero-order chi connectivity index (χ0) is 15.4. The molecule has 0 aliphatic rings. The second-order valence-electron chi connectivity index (χ2n) is 4.95. The first kappa shape index (κ1) is 15.8. The van der Waals surface area contributed by atoms with Crippen molar-refractivity contribution in [2.75, 3.05) is 17.2 Å². The molecule has 1 aromatic heterocycles. The summed E-state index contributed by atoms with van der Waals surface area (Å²) in [6.07, 6.45) is 0.808. The van der Waals surface area contributed by atoms with Crippen LogP contribution in [0.1, 0.15) is 30.8 Å². The van der Waals surface area contributed by atoms with Crippen molar-refractivity contribution in [3.05, 3.63) is 39.6 Å². The fraction of sp³-hybridized carbons (Fsp3) is 0.375. The normalized spacial score (nSPS) is 10.5. The van der Waals surface area contributed by atoms with E-state index in [1.54, 1.807) is 0 Å². The standard InChI is InChI=1S/C16H21BrN4/c1-5-14-20-15(18-6-2)11(4)16(21-14)19-13-9-10(3)7-8-12(13)17/h7-9H,5-6H2,1-4H3,(H2,18,19,20,21). The quantitative estimate of drug-likeness (QED) is 0.829. The van der Waals surface area contributed by atoms with E-state index < -0.39 is 0 Å². The molecule has 5 heteroatoms. The topological polar surface area (TPSA) is 49.8 Å². The fourth-order valence-electron chi connectivity index (χ4n) is 2.04. The number of nitrogens with one attached hydrogen (secondary N) is 2. The van der Waals surface area contributed by atoms with E-state index in [-0.39, 0.29) is 0 Å². The predicted octanol–water partition coefficient (Wildman–Crippen LogP) is 4.59. The zero-order valence-corrected chi connectivity index (χ0v) is 14.5. The molecule has 1 aromatic carbocycles. The van der Waals surface area contributed by atoms with Gasteiger partial charge in [-0.25, -0.2) is 9.97 Å². The molecule has 0 fully saturated rings. The summed E-state index contributed by atoms with van der Waals surface area (Å²) in [5.41, 5.74) is 3.25. The third-order valence-corrected chi connectivity index (χ3v) is 3.92. The van der Waals surface area contributed by atoms with Gasteiger partial charge in [-0.2, -0.15) is 0 Å². The molecular formula is C16H21BrN4. The van der Waals surface area contributed by atoms with Gasteiger partial charge < -0.3 is 10.6 Å². The second kappa shape index (κ2) is 6.89. The van der Waals surface area contributed by atoms with E-state index in [0.717, 1.165) is 46.1 Å². The van der Waals surface area contributed by atoms with Crippen LogP contribution in [0.4, 0.5) is 17.3 Å². The van der Waals surface area contributed by atoms with Crippen LogP contribution in [-0.2, 0) is 6.42 Å². The molecule has 112 valence electrons. The minimum absolute atomic E-state index is 0.808. The van der Waals surface area contributed by atoms with Crippen LogP contribution in [0.25, 0.3) is 0 Å². The molecule has 4 nitrogen and oxygen atoms in total. The van der Waals surface area contributed by atoms with Crippen molar-refractivity contribution in [3.63, 3.8) is 0 Å². The van der Waals surface area contributed by atoms with Crippen molar-refractivity contribution in [2.45, 2.75) is 34.1 Å². The Morgan fingerprint density at radius 3 is 2.48 bits per heavy atom. The maximum atomic E-state index is 4.62. The average Bonchev–Trinajstić information content (AvgIpc) is 2.47. The number of anilines is 3. The van der Waals surface area contributed by atoms with Crippen LogP contribution in [0.5, 0.6) is 0 Å². The Morgan fingerprint density at radius 1 is 1.10 bits per heavy atom. The highest BCUT2D eigenvalue weighted by molar-refractivity contribution is 9.10. The number of aryl methyl sites for hydroxylation is 2. The van der Waals surface area contributed by atoms with Crippen molar-refractivity contribution in [1.29, 1.82) is 0 Å². The molecule has 0 radical (unpaired) electrons. The van der Waals surface area contributed by atoms with Crippen LogP contribution >= 0.6 is 15.9 Å². The SMILES string of the molecule is CCNc1nc(CC)nc(Nc2cc(C)ccc2Br)c1C. The van der Waals surface area contributed by atoms with Crippen LogP contribution < -0.4 is 10.6 Å². The van der Waals surface area contributed by atoms with E-state index in [0.29, 0.717) is 0 Å². The summed E-state index contributed by atoms with van der Waals surface area (Å²) < 4.78 is 1.02. The van der Waals surface area contributed by atoms with Crippen molar-refractivity contribution in [2.24, 2.45) is 0 Å². The number of aromatic nitrogens is 2. The summed E-state index contributed by atoms with van der Waals surface area (Å²) >= 11 is 3.58. The van der Waals surface area contributed by atoms with Gasteiger partial charge >= 0.3 is 0 Å². The molecule has 0 aliphatic heterocycles. The third-order valence-electron chi connectivity index (χ3n) is 3.23. The molecule has 21 heavy (non-hydrogen) atoms. The van der Waals surface area contributed by atoms with E-state index in [4.69, 9.17) is 0 Å². The van der Waals surface area contributed by atoms with E-state index >= 15 is 0 Å². The van der Waals surface area contributed by atoms with E-state index in [2.05, 4.69) is 69.4 Å². The maximum Gasteiger partial charge on any atom is 0.139 e. The molecule has 2 aromatic rings. The smallest absolute Gasteiger partial charge is 0.139 e. The van der Waals surface area contributed by atoms with Gasteiger partial charge in [0.1, 0.15) is 17.5 Å². The minimum atomic E-state index is 0.808. The Bertz CT molecular complexity index is 640. The van der Waals surface area contributed by atoms with Crippen LogP contribution in [0.15, 0.2) is 22.7 Å². The number of hydrogen-bond acceptors (Lipinski definition) is 4. The molecule has 0 saturated carbocycles. The van der Waals surface area contributed by atoms with Gasteiger partial charge in [-0.15, -0.1) is 0 Å². The lowest BCUT2D eigenvalue weighted by Crippen LogP contribution is -2.09. The highest BCUT2D eigenvalue weighted by Gasteiger charge is 2.11. The van der Waals surface area contributed by atoms with Crippen molar-refractivity contribution in [3.8, 4) is 0 Å². The van der Waals surface area contributed by atoms with Crippen molar-refractivity contribution in [1.82, 2.24) is 9.97 Å². The van der Waals surface area contributed by atoms with Crippen molar-refractivity contribution < 1.29 is 0 Å². The Kier molecular flexibility index (Phi) is 5.17. The van der Waals surface area contributed by atoms with E-state index in [1.807, 2.05) is 13.0 Å². The summed E-state index contributed by atoms with van der Waals surface area (Å²) in [5.74, 6) is 2.59. The summed E-state index contributed by atoms with van der Waals surface area (Å²) in [7, 11) is 0. The molecule has 0 spiro atoms. The van der Waals surface area contributed by atoms with Crippen molar-refractivity contribution >= 4 is 33.3 Å². The number of rotatable bonds is 5. The summed E-state index contributed by atoms with van der Waals surface area (Å²) in [6.45, 7) is 9.08. The lowest BCUT2D eigenvalue weighted by Gasteiger charge is -2.15. The third kappa shape index (κ3) is 3.73. The van der Waals surface area contributed by atoms with Gasteiger partial charge in [0, 0.05) is 23.0 Å². The summed E-state index contributed by atoms with van der Waals surface area (Å²) in [5, 5.41) is 6.72. The van der Waals surface area contributed by atoms with Crippen LogP contribution in [-0.4, -0.2) is 16.5 Å². The summed E-state index contributed by atoms with van der Waals surface area (Å²) in [4.78, 5) is 9.17. The minimum Gasteiger partial charge on any atom is -0.370 e. The highest BCUT2D eigenvalue weighted by Crippen LogP contribution is 2.29. The number of halogens is 1. The zero-order valence-electron chi connectivity index (χ0n) is 12.9. The largest absolute Gasteiger partial charge is 0.370 e. The Hall–Kier alpha value is -1.62. The number of hydrogen-bond donors (Lipinski definition) is 2. The van der Waals surface area contributed by atoms with Crippen LogP contribution in [0.3, 0.4) is 0 Å². The van der Waals surface area contributed by atoms with E-state index in [9.17, 15) is 0 Å². The lowest BCUT2D eigenvalue weighted by molar-refractivity contribution is 0.929. The molecule has 0 atom stereocenters. The molecule has 1 heterocycles. The highest BCUT2D eigenvalue weighted by atomic mass is 79.9. The molecule has 0 aliphatic carbocycles. The maximum absolute atomic E-state index is 4.62. The fourth-order valence-corrected chi connectivity index (χ4v) is 2.39.